The maximum Gasteiger partial charge on any atom is 0.254 e. The van der Waals surface area contributed by atoms with Gasteiger partial charge in [-0.1, -0.05) is 42.5 Å². The van der Waals surface area contributed by atoms with E-state index in [2.05, 4.69) is 15.2 Å². The van der Waals surface area contributed by atoms with E-state index in [0.717, 1.165) is 16.9 Å². The van der Waals surface area contributed by atoms with Gasteiger partial charge in [-0.05, 0) is 35.9 Å². The van der Waals surface area contributed by atoms with Crippen molar-refractivity contribution in [1.29, 1.82) is 0 Å². The van der Waals surface area contributed by atoms with Crippen LogP contribution in [0.3, 0.4) is 0 Å². The van der Waals surface area contributed by atoms with Crippen LogP contribution in [0.1, 0.15) is 21.6 Å². The van der Waals surface area contributed by atoms with E-state index in [1.807, 2.05) is 88.4 Å². The average Bonchev–Trinajstić information content (AvgIpc) is 3.35. The highest BCUT2D eigenvalue weighted by Crippen LogP contribution is 2.18. The van der Waals surface area contributed by atoms with Gasteiger partial charge < -0.3 is 19.4 Å². The Kier molecular flexibility index (Phi) is 7.23. The zero-order valence-electron chi connectivity index (χ0n) is 20.0. The van der Waals surface area contributed by atoms with Crippen LogP contribution in [-0.2, 0) is 17.9 Å². The molecule has 0 saturated carbocycles. The number of hydrogen-bond acceptors (Lipinski definition) is 5. The Morgan fingerprint density at radius 2 is 1.72 bits per heavy atom. The molecule has 1 aliphatic heterocycles. The molecule has 0 unspecified atom stereocenters. The molecule has 3 heterocycles. The first-order valence-corrected chi connectivity index (χ1v) is 12.1. The predicted octanol–water partition coefficient (Wildman–Crippen LogP) is 2.99. The second-order valence-corrected chi connectivity index (χ2v) is 8.85. The number of hydrogen-bond donors (Lipinski definition) is 1. The Labute approximate surface area is 210 Å². The van der Waals surface area contributed by atoms with Gasteiger partial charge in [-0.25, -0.2) is 4.98 Å². The molecule has 0 spiro atoms. The lowest BCUT2D eigenvalue weighted by Gasteiger charge is -2.34. The molecule has 1 fully saturated rings. The third-order valence-corrected chi connectivity index (χ3v) is 6.24. The van der Waals surface area contributed by atoms with Crippen LogP contribution in [0.5, 0.6) is 5.75 Å². The Morgan fingerprint density at radius 3 is 2.53 bits per heavy atom. The summed E-state index contributed by atoms with van der Waals surface area (Å²) in [5.41, 5.74) is 3.36. The standard InChI is InChI=1S/C28H29N5O3/c34-27(29-18-22-7-2-1-3-8-22)20-31-13-15-32(16-14-31)28(35)23-9-6-10-25(17-23)36-21-24-19-33-12-5-4-11-26(33)30-24/h1-12,17,19H,13-16,18,20-21H2,(H,29,34). The first-order chi connectivity index (χ1) is 17.6. The highest BCUT2D eigenvalue weighted by Gasteiger charge is 2.23. The maximum absolute atomic E-state index is 13.1. The van der Waals surface area contributed by atoms with Crippen LogP contribution in [0.25, 0.3) is 5.65 Å². The summed E-state index contributed by atoms with van der Waals surface area (Å²) < 4.78 is 7.87. The zero-order valence-corrected chi connectivity index (χ0v) is 20.0. The molecule has 2 amide bonds. The molecular formula is C28H29N5O3. The number of fused-ring (bicyclic) bond motifs is 1. The lowest BCUT2D eigenvalue weighted by Crippen LogP contribution is -2.51. The Hall–Kier alpha value is -4.17. The Morgan fingerprint density at radius 1 is 0.917 bits per heavy atom. The third kappa shape index (κ3) is 5.90. The van der Waals surface area contributed by atoms with E-state index in [-0.39, 0.29) is 11.8 Å². The van der Waals surface area contributed by atoms with Crippen molar-refractivity contribution >= 4 is 17.5 Å². The van der Waals surface area contributed by atoms with Gasteiger partial charge in [-0.3, -0.25) is 14.5 Å². The van der Waals surface area contributed by atoms with Crippen LogP contribution < -0.4 is 10.1 Å². The van der Waals surface area contributed by atoms with Gasteiger partial charge >= 0.3 is 0 Å². The molecular weight excluding hydrogens is 454 g/mol. The molecule has 2 aromatic carbocycles. The lowest BCUT2D eigenvalue weighted by atomic mass is 10.1. The number of pyridine rings is 1. The van der Waals surface area contributed by atoms with E-state index in [4.69, 9.17) is 4.74 Å². The predicted molar refractivity (Wildman–Crippen MR) is 137 cm³/mol. The highest BCUT2D eigenvalue weighted by atomic mass is 16.5. The highest BCUT2D eigenvalue weighted by molar-refractivity contribution is 5.94. The summed E-state index contributed by atoms with van der Waals surface area (Å²) in [5, 5.41) is 2.96. The summed E-state index contributed by atoms with van der Waals surface area (Å²) in [7, 11) is 0. The Bertz CT molecular complexity index is 1300. The van der Waals surface area contributed by atoms with Crippen molar-refractivity contribution in [2.24, 2.45) is 0 Å². The number of benzene rings is 2. The summed E-state index contributed by atoms with van der Waals surface area (Å²) in [4.78, 5) is 33.9. The van der Waals surface area contributed by atoms with E-state index in [1.54, 1.807) is 6.07 Å². The molecule has 8 heteroatoms. The summed E-state index contributed by atoms with van der Waals surface area (Å²) in [6.07, 6.45) is 3.88. The first kappa shape index (κ1) is 23.6. The van der Waals surface area contributed by atoms with Crippen molar-refractivity contribution in [3.05, 3.63) is 102 Å². The molecule has 1 aliphatic rings. The van der Waals surface area contributed by atoms with Crippen molar-refractivity contribution in [2.75, 3.05) is 32.7 Å². The van der Waals surface area contributed by atoms with Gasteiger partial charge in [0.05, 0.1) is 12.2 Å². The molecule has 1 saturated heterocycles. The van der Waals surface area contributed by atoms with Crippen LogP contribution >= 0.6 is 0 Å². The number of ether oxygens (including phenoxy) is 1. The second-order valence-electron chi connectivity index (χ2n) is 8.85. The minimum Gasteiger partial charge on any atom is -0.487 e. The van der Waals surface area contributed by atoms with Crippen molar-refractivity contribution in [2.45, 2.75) is 13.2 Å². The van der Waals surface area contributed by atoms with Crippen LogP contribution in [0.4, 0.5) is 0 Å². The normalized spacial score (nSPS) is 14.1. The molecule has 0 radical (unpaired) electrons. The molecule has 0 aliphatic carbocycles. The Balaban J connectivity index is 1.09. The number of aromatic nitrogens is 2. The number of nitrogens with zero attached hydrogens (tertiary/aromatic N) is 4. The van der Waals surface area contributed by atoms with Crippen molar-refractivity contribution in [1.82, 2.24) is 24.5 Å². The quantitative estimate of drug-likeness (QED) is 0.417. The largest absolute Gasteiger partial charge is 0.487 e. The first-order valence-electron chi connectivity index (χ1n) is 12.1. The lowest BCUT2D eigenvalue weighted by molar-refractivity contribution is -0.122. The molecule has 2 aromatic heterocycles. The van der Waals surface area contributed by atoms with E-state index in [0.29, 0.717) is 57.2 Å². The van der Waals surface area contributed by atoms with Gasteiger partial charge in [0.2, 0.25) is 5.91 Å². The van der Waals surface area contributed by atoms with E-state index >= 15 is 0 Å². The number of nitrogens with one attached hydrogen (secondary N) is 1. The number of rotatable bonds is 8. The van der Waals surface area contributed by atoms with Crippen LogP contribution in [0.2, 0.25) is 0 Å². The maximum atomic E-state index is 13.1. The topological polar surface area (TPSA) is 79.2 Å². The molecule has 8 nitrogen and oxygen atoms in total. The van der Waals surface area contributed by atoms with E-state index in [1.165, 1.54) is 0 Å². The van der Waals surface area contributed by atoms with Gasteiger partial charge in [-0.15, -0.1) is 0 Å². The minimum absolute atomic E-state index is 0.00547. The summed E-state index contributed by atoms with van der Waals surface area (Å²) in [6, 6.07) is 23.0. The summed E-state index contributed by atoms with van der Waals surface area (Å²) in [6.45, 7) is 3.66. The minimum atomic E-state index is -0.0265. The fraction of sp³-hybridized carbons (Fsp3) is 0.250. The van der Waals surface area contributed by atoms with E-state index in [9.17, 15) is 9.59 Å². The van der Waals surface area contributed by atoms with Crippen LogP contribution in [0, 0.1) is 0 Å². The van der Waals surface area contributed by atoms with E-state index < -0.39 is 0 Å². The number of piperazine rings is 1. The van der Waals surface area contributed by atoms with Gasteiger partial charge in [0.15, 0.2) is 0 Å². The molecule has 4 aromatic rings. The van der Waals surface area contributed by atoms with Crippen molar-refractivity contribution < 1.29 is 14.3 Å². The molecule has 0 atom stereocenters. The zero-order chi connectivity index (χ0) is 24.7. The smallest absolute Gasteiger partial charge is 0.254 e. The van der Waals surface area contributed by atoms with Crippen molar-refractivity contribution in [3.8, 4) is 5.75 Å². The van der Waals surface area contributed by atoms with Gasteiger partial charge in [0.25, 0.3) is 5.91 Å². The number of carbonyl (C=O) groups excluding carboxylic acids is 2. The second kappa shape index (κ2) is 11.0. The molecule has 184 valence electrons. The molecule has 0 bridgehead atoms. The number of amides is 2. The van der Waals surface area contributed by atoms with Gasteiger partial charge in [-0.2, -0.15) is 0 Å². The molecule has 1 N–H and O–H groups in total. The third-order valence-electron chi connectivity index (χ3n) is 6.24. The van der Waals surface area contributed by atoms with Crippen LogP contribution in [-0.4, -0.2) is 63.7 Å². The van der Waals surface area contributed by atoms with Gasteiger partial charge in [0, 0.05) is 50.7 Å². The fourth-order valence-corrected chi connectivity index (χ4v) is 4.28. The van der Waals surface area contributed by atoms with Crippen LogP contribution in [0.15, 0.2) is 85.2 Å². The summed E-state index contributed by atoms with van der Waals surface area (Å²) in [5.74, 6) is 0.599. The average molecular weight is 484 g/mol. The summed E-state index contributed by atoms with van der Waals surface area (Å²) >= 11 is 0. The SMILES string of the molecule is O=C(CN1CCN(C(=O)c2cccc(OCc3cn4ccccc4n3)c2)CC1)NCc1ccccc1. The monoisotopic (exact) mass is 483 g/mol. The van der Waals surface area contributed by atoms with Gasteiger partial charge in [0.1, 0.15) is 18.0 Å². The molecule has 36 heavy (non-hydrogen) atoms. The number of imidazole rings is 1. The molecule has 5 rings (SSSR count). The fourth-order valence-electron chi connectivity index (χ4n) is 4.28. The van der Waals surface area contributed by atoms with Crippen molar-refractivity contribution in [3.63, 3.8) is 0 Å². The number of carbonyl (C=O) groups is 2.